The molecule has 0 radical (unpaired) electrons. The lowest BCUT2D eigenvalue weighted by molar-refractivity contribution is -0.117. The Morgan fingerprint density at radius 3 is 2.79 bits per heavy atom. The second-order valence-corrected chi connectivity index (χ2v) is 7.15. The van der Waals surface area contributed by atoms with Gasteiger partial charge in [0.05, 0.1) is 11.6 Å². The minimum atomic E-state index is -0.371. The van der Waals surface area contributed by atoms with Crippen LogP contribution in [-0.4, -0.2) is 25.1 Å². The van der Waals surface area contributed by atoms with Crippen LogP contribution < -0.4 is 11.0 Å². The highest BCUT2D eigenvalue weighted by Gasteiger charge is 2.12. The van der Waals surface area contributed by atoms with E-state index >= 15 is 0 Å². The summed E-state index contributed by atoms with van der Waals surface area (Å²) < 4.78 is 2.50. The molecular weight excluding hydrogens is 376 g/mol. The standard InChI is InChI=1S/C19H14N6O2S/c20-10-14-6-4-13(5-7-14)9-15-11-21-18(28-15)22-17(26)12-25-19(27)24-8-2-1-3-16(24)23-25/h1-8,11H,9,12H2,(H,21,22,26). The number of carbonyl (C=O) groups is 1. The topological polar surface area (TPSA) is 105 Å². The molecule has 0 fully saturated rings. The Hall–Kier alpha value is -3.77. The van der Waals surface area contributed by atoms with Crippen molar-refractivity contribution in [1.82, 2.24) is 19.2 Å². The van der Waals surface area contributed by atoms with Crippen LogP contribution in [0.15, 0.2) is 59.7 Å². The highest BCUT2D eigenvalue weighted by molar-refractivity contribution is 7.15. The summed E-state index contributed by atoms with van der Waals surface area (Å²) in [7, 11) is 0. The van der Waals surface area contributed by atoms with E-state index in [0.29, 0.717) is 22.8 Å². The van der Waals surface area contributed by atoms with E-state index in [-0.39, 0.29) is 18.1 Å². The third kappa shape index (κ3) is 3.67. The van der Waals surface area contributed by atoms with Crippen LogP contribution in [0.25, 0.3) is 5.65 Å². The highest BCUT2D eigenvalue weighted by atomic mass is 32.1. The lowest BCUT2D eigenvalue weighted by Crippen LogP contribution is -2.28. The Morgan fingerprint density at radius 1 is 1.21 bits per heavy atom. The zero-order chi connectivity index (χ0) is 19.5. The van der Waals surface area contributed by atoms with Gasteiger partial charge in [0.25, 0.3) is 0 Å². The van der Waals surface area contributed by atoms with Crippen molar-refractivity contribution in [3.63, 3.8) is 0 Å². The van der Waals surface area contributed by atoms with Gasteiger partial charge in [-0.25, -0.2) is 14.5 Å². The third-order valence-electron chi connectivity index (χ3n) is 4.04. The molecule has 3 heterocycles. The van der Waals surface area contributed by atoms with Crippen molar-refractivity contribution < 1.29 is 4.79 Å². The van der Waals surface area contributed by atoms with Crippen molar-refractivity contribution in [3.8, 4) is 6.07 Å². The number of nitrogens with zero attached hydrogens (tertiary/aromatic N) is 5. The average Bonchev–Trinajstić information content (AvgIpc) is 3.27. The Kier molecular flexibility index (Phi) is 4.70. The molecule has 0 spiro atoms. The van der Waals surface area contributed by atoms with Crippen LogP contribution in [0.1, 0.15) is 16.0 Å². The molecule has 138 valence electrons. The number of carbonyl (C=O) groups excluding carboxylic acids is 1. The maximum atomic E-state index is 12.3. The fraction of sp³-hybridized carbons (Fsp3) is 0.105. The van der Waals surface area contributed by atoms with Gasteiger partial charge >= 0.3 is 5.69 Å². The largest absolute Gasteiger partial charge is 0.350 e. The van der Waals surface area contributed by atoms with Gasteiger partial charge in [0, 0.05) is 23.7 Å². The number of thiazole rings is 1. The first-order valence-corrected chi connectivity index (χ1v) is 9.22. The van der Waals surface area contributed by atoms with E-state index in [1.54, 1.807) is 42.7 Å². The van der Waals surface area contributed by atoms with E-state index in [1.807, 2.05) is 12.1 Å². The average molecular weight is 390 g/mol. The molecule has 28 heavy (non-hydrogen) atoms. The number of amides is 1. The van der Waals surface area contributed by atoms with Gasteiger partial charge in [0.15, 0.2) is 10.8 Å². The molecule has 1 N–H and O–H groups in total. The summed E-state index contributed by atoms with van der Waals surface area (Å²) in [5.74, 6) is -0.371. The van der Waals surface area contributed by atoms with Gasteiger partial charge in [-0.1, -0.05) is 18.2 Å². The minimum Gasteiger partial charge on any atom is -0.300 e. The van der Waals surface area contributed by atoms with Gasteiger partial charge < -0.3 is 5.32 Å². The lowest BCUT2D eigenvalue weighted by atomic mass is 10.1. The van der Waals surface area contributed by atoms with E-state index in [2.05, 4.69) is 21.5 Å². The molecule has 0 atom stereocenters. The number of rotatable bonds is 5. The molecule has 1 amide bonds. The van der Waals surface area contributed by atoms with E-state index in [4.69, 9.17) is 5.26 Å². The van der Waals surface area contributed by atoms with Gasteiger partial charge in [-0.2, -0.15) is 5.26 Å². The molecule has 8 nitrogen and oxygen atoms in total. The second kappa shape index (κ2) is 7.46. The molecule has 0 aliphatic carbocycles. The number of anilines is 1. The maximum Gasteiger partial charge on any atom is 0.350 e. The van der Waals surface area contributed by atoms with Gasteiger partial charge in [0.2, 0.25) is 5.91 Å². The third-order valence-corrected chi connectivity index (χ3v) is 4.96. The number of hydrogen-bond acceptors (Lipinski definition) is 6. The predicted molar refractivity (Wildman–Crippen MR) is 104 cm³/mol. The fourth-order valence-electron chi connectivity index (χ4n) is 2.71. The molecule has 0 saturated heterocycles. The number of nitriles is 1. The maximum absolute atomic E-state index is 12.3. The quantitative estimate of drug-likeness (QED) is 0.561. The number of benzene rings is 1. The van der Waals surface area contributed by atoms with Crippen LogP contribution in [0.2, 0.25) is 0 Å². The van der Waals surface area contributed by atoms with Crippen LogP contribution >= 0.6 is 11.3 Å². The van der Waals surface area contributed by atoms with Crippen LogP contribution in [0, 0.1) is 11.3 Å². The first-order chi connectivity index (χ1) is 13.6. The number of hydrogen-bond donors (Lipinski definition) is 1. The van der Waals surface area contributed by atoms with Gasteiger partial charge in [-0.3, -0.25) is 9.20 Å². The van der Waals surface area contributed by atoms with Crippen molar-refractivity contribution in [2.24, 2.45) is 0 Å². The molecular formula is C19H14N6O2S. The molecule has 4 aromatic rings. The monoisotopic (exact) mass is 390 g/mol. The lowest BCUT2D eigenvalue weighted by Gasteiger charge is -2.00. The Labute approximate surface area is 163 Å². The van der Waals surface area contributed by atoms with Gasteiger partial charge in [-0.05, 0) is 29.8 Å². The highest BCUT2D eigenvalue weighted by Crippen LogP contribution is 2.21. The molecule has 0 saturated carbocycles. The molecule has 3 aromatic heterocycles. The zero-order valence-electron chi connectivity index (χ0n) is 14.6. The van der Waals surface area contributed by atoms with Crippen molar-refractivity contribution in [1.29, 1.82) is 5.26 Å². The van der Waals surface area contributed by atoms with Gasteiger partial charge in [0.1, 0.15) is 6.54 Å². The van der Waals surface area contributed by atoms with E-state index in [0.717, 1.165) is 15.1 Å². The Morgan fingerprint density at radius 2 is 2.04 bits per heavy atom. The van der Waals surface area contributed by atoms with Crippen molar-refractivity contribution in [3.05, 3.63) is 81.3 Å². The normalized spacial score (nSPS) is 10.7. The fourth-order valence-corrected chi connectivity index (χ4v) is 3.57. The predicted octanol–water partition coefficient (Wildman–Crippen LogP) is 2.05. The summed E-state index contributed by atoms with van der Waals surface area (Å²) >= 11 is 1.36. The van der Waals surface area contributed by atoms with Crippen LogP contribution in [0.5, 0.6) is 0 Å². The first kappa shape index (κ1) is 17.6. The van der Waals surface area contributed by atoms with Crippen molar-refractivity contribution in [2.75, 3.05) is 5.32 Å². The molecule has 0 aliphatic heterocycles. The molecule has 9 heteroatoms. The molecule has 0 bridgehead atoms. The summed E-state index contributed by atoms with van der Waals surface area (Å²) in [4.78, 5) is 29.7. The van der Waals surface area contributed by atoms with E-state index in [1.165, 1.54) is 15.7 Å². The van der Waals surface area contributed by atoms with E-state index < -0.39 is 0 Å². The zero-order valence-corrected chi connectivity index (χ0v) is 15.4. The molecule has 1 aromatic carbocycles. The minimum absolute atomic E-state index is 0.189. The van der Waals surface area contributed by atoms with Crippen LogP contribution in [0.3, 0.4) is 0 Å². The van der Waals surface area contributed by atoms with E-state index in [9.17, 15) is 9.59 Å². The summed E-state index contributed by atoms with van der Waals surface area (Å²) in [5, 5.41) is 16.1. The first-order valence-electron chi connectivity index (χ1n) is 8.40. The number of aromatic nitrogens is 4. The number of nitrogens with one attached hydrogen (secondary N) is 1. The van der Waals surface area contributed by atoms with Crippen LogP contribution in [-0.2, 0) is 17.8 Å². The van der Waals surface area contributed by atoms with Crippen molar-refractivity contribution in [2.45, 2.75) is 13.0 Å². The Balaban J connectivity index is 1.41. The second-order valence-electron chi connectivity index (χ2n) is 6.03. The SMILES string of the molecule is N#Cc1ccc(Cc2cnc(NC(=O)Cn3nc4ccccn4c3=O)s2)cc1. The summed E-state index contributed by atoms with van der Waals surface area (Å²) in [6.07, 6.45) is 3.97. The van der Waals surface area contributed by atoms with Crippen molar-refractivity contribution >= 4 is 28.0 Å². The van der Waals surface area contributed by atoms with Gasteiger partial charge in [-0.15, -0.1) is 16.4 Å². The molecule has 0 aliphatic rings. The molecule has 0 unspecified atom stereocenters. The number of pyridine rings is 1. The summed E-state index contributed by atoms with van der Waals surface area (Å²) in [6, 6.07) is 14.6. The smallest absolute Gasteiger partial charge is 0.300 e. The van der Waals surface area contributed by atoms with Crippen LogP contribution in [0.4, 0.5) is 5.13 Å². The number of fused-ring (bicyclic) bond motifs is 1. The Bertz CT molecular complexity index is 1250. The summed E-state index contributed by atoms with van der Waals surface area (Å²) in [6.45, 7) is -0.189. The summed E-state index contributed by atoms with van der Waals surface area (Å²) in [5.41, 5.74) is 1.78. The molecule has 4 rings (SSSR count).